The van der Waals surface area contributed by atoms with Crippen LogP contribution in [0.25, 0.3) is 11.1 Å². The summed E-state index contributed by atoms with van der Waals surface area (Å²) in [6, 6.07) is 13.2. The van der Waals surface area contributed by atoms with Crippen molar-refractivity contribution in [1.82, 2.24) is 0 Å². The molecule has 3 aliphatic carbocycles. The zero-order chi connectivity index (χ0) is 20.2. The second-order valence-corrected chi connectivity index (χ2v) is 6.79. The number of halogens is 5. The first kappa shape index (κ1) is 32.8. The van der Waals surface area contributed by atoms with E-state index < -0.39 is 0 Å². The van der Waals surface area contributed by atoms with Gasteiger partial charge in [-0.2, -0.15) is 23.9 Å². The molecule has 1 fully saturated rings. The van der Waals surface area contributed by atoms with E-state index >= 15 is 0 Å². The topological polar surface area (TPSA) is 0 Å². The van der Waals surface area contributed by atoms with Crippen LogP contribution in [0, 0.1) is 12.2 Å². The zero-order valence-electron chi connectivity index (χ0n) is 17.2. The van der Waals surface area contributed by atoms with Gasteiger partial charge in [-0.25, -0.2) is 8.78 Å². The molecular formula is C24H25Cl3F2SiTi. The summed E-state index contributed by atoms with van der Waals surface area (Å²) in [4.78, 5) is 0. The summed E-state index contributed by atoms with van der Waals surface area (Å²) in [5, 5.41) is 0. The molecule has 0 aliphatic heterocycles. The summed E-state index contributed by atoms with van der Waals surface area (Å²) in [6.07, 6.45) is 16.0. The second kappa shape index (κ2) is 19.1. The van der Waals surface area contributed by atoms with E-state index in [1.165, 1.54) is 60.9 Å². The number of allylic oxidation sites excluding steroid dienone is 4. The van der Waals surface area contributed by atoms with Crippen molar-refractivity contribution in [2.24, 2.45) is 0 Å². The third kappa shape index (κ3) is 11.3. The molecule has 0 saturated heterocycles. The molecule has 2 aromatic carbocycles. The number of fused-ring (bicyclic) bond motifs is 3. The van der Waals surface area contributed by atoms with Crippen molar-refractivity contribution in [2.75, 3.05) is 0 Å². The molecule has 31 heavy (non-hydrogen) atoms. The largest absolute Gasteiger partial charge is 3.00 e. The van der Waals surface area contributed by atoms with Gasteiger partial charge in [-0.3, -0.25) is 0 Å². The van der Waals surface area contributed by atoms with Crippen molar-refractivity contribution in [3.8, 4) is 11.1 Å². The molecule has 0 atom stereocenters. The number of benzene rings is 2. The Labute approximate surface area is 220 Å². The average molecular weight is 534 g/mol. The van der Waals surface area contributed by atoms with Crippen molar-refractivity contribution < 1.29 is 55.3 Å². The first-order valence-electron chi connectivity index (χ1n) is 9.63. The van der Waals surface area contributed by atoms with Gasteiger partial charge in [-0.15, -0.1) is 0 Å². The van der Waals surface area contributed by atoms with Crippen LogP contribution in [0.3, 0.4) is 0 Å². The molecule has 0 amide bonds. The molecule has 1 saturated carbocycles. The Morgan fingerprint density at radius 1 is 0.839 bits per heavy atom. The van der Waals surface area contributed by atoms with Crippen LogP contribution in [0.5, 0.6) is 0 Å². The molecule has 4 radical (unpaired) electrons. The monoisotopic (exact) mass is 532 g/mol. The smallest absolute Gasteiger partial charge is 1.00 e. The Morgan fingerprint density at radius 3 is 1.97 bits per heavy atom. The summed E-state index contributed by atoms with van der Waals surface area (Å²) in [7, 11) is 2.44. The Kier molecular flexibility index (Phi) is 20.2. The summed E-state index contributed by atoms with van der Waals surface area (Å²) >= 11 is 4.44. The van der Waals surface area contributed by atoms with E-state index in [1.54, 1.807) is 18.2 Å². The summed E-state index contributed by atoms with van der Waals surface area (Å²) < 4.78 is 24.8. The van der Waals surface area contributed by atoms with Crippen molar-refractivity contribution in [3.63, 3.8) is 0 Å². The van der Waals surface area contributed by atoms with E-state index in [4.69, 9.17) is 0 Å². The van der Waals surface area contributed by atoms with Crippen molar-refractivity contribution >= 4 is 20.6 Å². The first-order valence-corrected chi connectivity index (χ1v) is 11.1. The maximum atomic E-state index is 13.1. The Balaban J connectivity index is 0. The first-order chi connectivity index (χ1) is 13.7. The van der Waals surface area contributed by atoms with E-state index in [0.717, 1.165) is 18.4 Å². The minimum Gasteiger partial charge on any atom is -1.00 e. The normalized spacial score (nSPS) is 14.0. The third-order valence-electron chi connectivity index (χ3n) is 4.80. The molecule has 164 valence electrons. The molecule has 0 aromatic heterocycles. The second-order valence-electron chi connectivity index (χ2n) is 6.79. The summed E-state index contributed by atoms with van der Waals surface area (Å²) in [5.74, 6) is -0.254. The predicted molar refractivity (Wildman–Crippen MR) is 117 cm³/mol. The van der Waals surface area contributed by atoms with Gasteiger partial charge in [0.1, 0.15) is 11.6 Å². The minimum atomic E-state index is -0.152. The van der Waals surface area contributed by atoms with Gasteiger partial charge in [0.2, 0.25) is 0 Å². The van der Waals surface area contributed by atoms with E-state index in [0.29, 0.717) is 0 Å². The number of hydrogen-bond acceptors (Lipinski definition) is 0. The van der Waals surface area contributed by atoms with E-state index in [2.05, 4.69) is 39.2 Å². The Hall–Kier alpha value is -0.419. The maximum Gasteiger partial charge on any atom is 3.00 e. The van der Waals surface area contributed by atoms with E-state index in [1.807, 2.05) is 18.2 Å². The van der Waals surface area contributed by atoms with Gasteiger partial charge in [-0.05, 0) is 59.4 Å². The fraction of sp³-hybridized carbons (Fsp3) is 0.292. The average Bonchev–Trinajstić information content (AvgIpc) is 3.38. The minimum absolute atomic E-state index is 0. The molecule has 2 aromatic rings. The Morgan fingerprint density at radius 2 is 1.48 bits per heavy atom. The molecule has 0 heterocycles. The molecule has 0 unspecified atom stereocenters. The quantitative estimate of drug-likeness (QED) is 0.234. The molecule has 0 spiro atoms. The molecule has 5 rings (SSSR count). The van der Waals surface area contributed by atoms with Crippen LogP contribution in [0.2, 0.25) is 0 Å². The summed E-state index contributed by atoms with van der Waals surface area (Å²) in [6.45, 7) is 0. The fourth-order valence-corrected chi connectivity index (χ4v) is 3.42. The van der Waals surface area contributed by atoms with Gasteiger partial charge in [0.15, 0.2) is 9.55 Å². The third-order valence-corrected chi connectivity index (χ3v) is 4.80. The standard InChI is InChI=1S/C13H9F.C6H11.C5H5F.ClSi.2ClH.Ti/c14-11-6-5-10-7-9-3-1-2-4-12(9)13(10)8-11;1-2-4-6-5-3-1;6-5-3-1-2-4-5;1-2;;;/h1-6,8H,7H2;1H,2-6H2;1,3-4H,2H2;;2*1H;/q;-1;;;;;+3/p-2. The molecule has 7 heteroatoms. The molecule has 0 N–H and O–H groups in total. The maximum absolute atomic E-state index is 13.1. The van der Waals surface area contributed by atoms with Gasteiger partial charge >= 0.3 is 21.7 Å². The van der Waals surface area contributed by atoms with Gasteiger partial charge in [-0.1, -0.05) is 55.7 Å². The number of rotatable bonds is 0. The van der Waals surface area contributed by atoms with E-state index in [9.17, 15) is 8.78 Å². The van der Waals surface area contributed by atoms with Crippen LogP contribution < -0.4 is 24.8 Å². The molecule has 0 nitrogen and oxygen atoms in total. The molecule has 3 aliphatic rings. The molecule has 0 bridgehead atoms. The van der Waals surface area contributed by atoms with Gasteiger partial charge in [0.05, 0.1) is 0 Å². The van der Waals surface area contributed by atoms with Crippen LogP contribution in [0.1, 0.15) is 49.7 Å². The van der Waals surface area contributed by atoms with Crippen molar-refractivity contribution in [3.05, 3.63) is 89.9 Å². The summed E-state index contributed by atoms with van der Waals surface area (Å²) in [5.41, 5.74) is 4.77. The number of hydrogen-bond donors (Lipinski definition) is 0. The predicted octanol–water partition coefficient (Wildman–Crippen LogP) is 1.67. The van der Waals surface area contributed by atoms with Gasteiger partial charge in [0, 0.05) is 0 Å². The Bertz CT molecular complexity index is 795. The van der Waals surface area contributed by atoms with Crippen LogP contribution in [0.15, 0.2) is 66.5 Å². The fourth-order valence-electron chi connectivity index (χ4n) is 3.42. The van der Waals surface area contributed by atoms with E-state index in [-0.39, 0.29) is 58.2 Å². The van der Waals surface area contributed by atoms with Crippen molar-refractivity contribution in [2.45, 2.75) is 44.9 Å². The van der Waals surface area contributed by atoms with Crippen LogP contribution in [-0.2, 0) is 28.1 Å². The SMILES string of the molecule is FC1=CCC=C1.Fc1ccc2c(c1)-c1ccccc1C2.[CH-]1CCCCC1.[Cl-].[Cl-].[Si]Cl.[Ti+3]. The zero-order valence-corrected chi connectivity index (χ0v) is 22.0. The van der Waals surface area contributed by atoms with Crippen LogP contribution in [0.4, 0.5) is 8.78 Å². The molecular weight excluding hydrogens is 509 g/mol. The van der Waals surface area contributed by atoms with Crippen LogP contribution >= 0.6 is 11.1 Å². The van der Waals surface area contributed by atoms with Crippen molar-refractivity contribution in [1.29, 1.82) is 0 Å². The van der Waals surface area contributed by atoms with Crippen LogP contribution in [-0.4, -0.2) is 9.55 Å². The van der Waals surface area contributed by atoms with Gasteiger partial charge < -0.3 is 31.2 Å². The van der Waals surface area contributed by atoms with Gasteiger partial charge in [0.25, 0.3) is 0 Å².